The summed E-state index contributed by atoms with van der Waals surface area (Å²) in [7, 11) is 0. The molecule has 2 rings (SSSR count). The number of nitrogens with two attached hydrogens (primary N) is 1. The number of hydrogen-bond donors (Lipinski definition) is 2. The average Bonchev–Trinajstić information content (AvgIpc) is 2.52. The number of nitrogens with zero attached hydrogens (tertiary/aromatic N) is 1. The van der Waals surface area contributed by atoms with Crippen LogP contribution >= 0.6 is 12.4 Å². The summed E-state index contributed by atoms with van der Waals surface area (Å²) in [4.78, 5) is 14.3. The molecule has 0 saturated carbocycles. The van der Waals surface area contributed by atoms with Gasteiger partial charge in [-0.2, -0.15) is 0 Å². The summed E-state index contributed by atoms with van der Waals surface area (Å²) in [5, 5.41) is 2.86. The van der Waals surface area contributed by atoms with Gasteiger partial charge in [0.1, 0.15) is 5.82 Å². The third-order valence-electron chi connectivity index (χ3n) is 4.15. The maximum Gasteiger partial charge on any atom is 0.224 e. The minimum absolute atomic E-state index is 0. The van der Waals surface area contributed by atoms with Crippen LogP contribution in [-0.2, 0) is 4.79 Å². The van der Waals surface area contributed by atoms with E-state index in [1.54, 1.807) is 12.1 Å². The van der Waals surface area contributed by atoms with E-state index in [0.717, 1.165) is 24.9 Å². The second-order valence-corrected chi connectivity index (χ2v) is 5.64. The summed E-state index contributed by atoms with van der Waals surface area (Å²) in [6.45, 7) is 4.71. The molecule has 1 amide bonds. The smallest absolute Gasteiger partial charge is 0.224 e. The molecule has 1 aromatic carbocycles. The Morgan fingerprint density at radius 1 is 1.55 bits per heavy atom. The molecule has 2 unspecified atom stereocenters. The second-order valence-electron chi connectivity index (χ2n) is 5.64. The highest BCUT2D eigenvalue weighted by molar-refractivity contribution is 5.85. The summed E-state index contributed by atoms with van der Waals surface area (Å²) in [6.07, 6.45) is 1.89. The predicted octanol–water partition coefficient (Wildman–Crippen LogP) is 2.10. The molecule has 0 spiro atoms. The molecule has 124 valence electrons. The van der Waals surface area contributed by atoms with Crippen LogP contribution in [-0.4, -0.2) is 37.0 Å². The van der Waals surface area contributed by atoms with E-state index in [2.05, 4.69) is 17.1 Å². The molecule has 2 atom stereocenters. The van der Waals surface area contributed by atoms with Crippen molar-refractivity contribution in [2.45, 2.75) is 25.8 Å². The van der Waals surface area contributed by atoms with Crippen LogP contribution in [0.2, 0.25) is 0 Å². The van der Waals surface area contributed by atoms with Gasteiger partial charge in [-0.25, -0.2) is 4.39 Å². The van der Waals surface area contributed by atoms with E-state index in [9.17, 15) is 9.18 Å². The lowest BCUT2D eigenvalue weighted by atomic mass is 9.94. The van der Waals surface area contributed by atoms with Gasteiger partial charge >= 0.3 is 0 Å². The Morgan fingerprint density at radius 3 is 3.00 bits per heavy atom. The van der Waals surface area contributed by atoms with Crippen molar-refractivity contribution >= 4 is 18.3 Å². The monoisotopic (exact) mass is 329 g/mol. The maximum atomic E-state index is 13.3. The van der Waals surface area contributed by atoms with E-state index in [1.807, 2.05) is 6.07 Å². The Morgan fingerprint density at radius 2 is 2.32 bits per heavy atom. The van der Waals surface area contributed by atoms with Gasteiger partial charge in [0.2, 0.25) is 5.91 Å². The number of rotatable bonds is 5. The maximum absolute atomic E-state index is 13.3. The van der Waals surface area contributed by atoms with Crippen molar-refractivity contribution in [2.75, 3.05) is 26.2 Å². The molecule has 0 radical (unpaired) electrons. The van der Waals surface area contributed by atoms with E-state index >= 15 is 0 Å². The number of carbonyl (C=O) groups is 1. The van der Waals surface area contributed by atoms with Gasteiger partial charge in [0.25, 0.3) is 0 Å². The fourth-order valence-corrected chi connectivity index (χ4v) is 2.89. The first kappa shape index (κ1) is 18.9. The van der Waals surface area contributed by atoms with E-state index in [0.29, 0.717) is 19.6 Å². The molecule has 6 heteroatoms. The third-order valence-corrected chi connectivity index (χ3v) is 4.15. The number of benzene rings is 1. The first-order chi connectivity index (χ1) is 10.1. The summed E-state index contributed by atoms with van der Waals surface area (Å²) in [6, 6.07) is 6.81. The van der Waals surface area contributed by atoms with Gasteiger partial charge in [0, 0.05) is 25.7 Å². The SMILES string of the molecule is CC(c1cccc(F)c1)N1CCCC(C(=O)NCCN)C1.Cl. The summed E-state index contributed by atoms with van der Waals surface area (Å²) in [5.41, 5.74) is 6.37. The molecule has 1 aromatic rings. The van der Waals surface area contributed by atoms with Gasteiger partial charge in [-0.1, -0.05) is 12.1 Å². The van der Waals surface area contributed by atoms with Crippen molar-refractivity contribution in [2.24, 2.45) is 11.7 Å². The third kappa shape index (κ3) is 4.93. The van der Waals surface area contributed by atoms with E-state index in [1.165, 1.54) is 6.07 Å². The van der Waals surface area contributed by atoms with Crippen LogP contribution in [0.15, 0.2) is 24.3 Å². The highest BCUT2D eigenvalue weighted by atomic mass is 35.5. The zero-order valence-electron chi connectivity index (χ0n) is 12.9. The summed E-state index contributed by atoms with van der Waals surface area (Å²) < 4.78 is 13.3. The van der Waals surface area contributed by atoms with Gasteiger partial charge < -0.3 is 11.1 Å². The Bertz CT molecular complexity index is 486. The van der Waals surface area contributed by atoms with E-state index in [4.69, 9.17) is 5.73 Å². The Hall–Kier alpha value is -1.17. The fourth-order valence-electron chi connectivity index (χ4n) is 2.89. The van der Waals surface area contributed by atoms with Crippen molar-refractivity contribution in [3.63, 3.8) is 0 Å². The van der Waals surface area contributed by atoms with Crippen LogP contribution in [0.4, 0.5) is 4.39 Å². The van der Waals surface area contributed by atoms with Crippen LogP contribution in [0.3, 0.4) is 0 Å². The van der Waals surface area contributed by atoms with Crippen LogP contribution in [0.5, 0.6) is 0 Å². The predicted molar refractivity (Wildman–Crippen MR) is 88.4 cm³/mol. The quantitative estimate of drug-likeness (QED) is 0.869. The molecular formula is C16H25ClFN3O. The average molecular weight is 330 g/mol. The molecular weight excluding hydrogens is 305 g/mol. The van der Waals surface area contributed by atoms with Crippen molar-refractivity contribution in [3.8, 4) is 0 Å². The zero-order chi connectivity index (χ0) is 15.2. The van der Waals surface area contributed by atoms with Crippen molar-refractivity contribution in [1.82, 2.24) is 10.2 Å². The second kappa shape index (κ2) is 9.08. The van der Waals surface area contributed by atoms with Crippen molar-refractivity contribution in [1.29, 1.82) is 0 Å². The first-order valence-electron chi connectivity index (χ1n) is 7.59. The number of halogens is 2. The number of nitrogens with one attached hydrogen (secondary N) is 1. The lowest BCUT2D eigenvalue weighted by Crippen LogP contribution is -2.44. The molecule has 0 aromatic heterocycles. The highest BCUT2D eigenvalue weighted by Gasteiger charge is 2.28. The van der Waals surface area contributed by atoms with Crippen LogP contribution in [0, 0.1) is 11.7 Å². The number of amides is 1. The molecule has 4 nitrogen and oxygen atoms in total. The van der Waals surface area contributed by atoms with Crippen LogP contribution < -0.4 is 11.1 Å². The van der Waals surface area contributed by atoms with Crippen LogP contribution in [0.25, 0.3) is 0 Å². The zero-order valence-corrected chi connectivity index (χ0v) is 13.7. The minimum Gasteiger partial charge on any atom is -0.355 e. The molecule has 1 heterocycles. The highest BCUT2D eigenvalue weighted by Crippen LogP contribution is 2.27. The standard InChI is InChI=1S/C16H24FN3O.ClH/c1-12(13-4-2-6-15(17)10-13)20-9-3-5-14(11-20)16(21)19-8-7-18;/h2,4,6,10,12,14H,3,5,7-9,11,18H2,1H3,(H,19,21);1H. The minimum atomic E-state index is -0.214. The van der Waals surface area contributed by atoms with Gasteiger partial charge in [-0.15, -0.1) is 12.4 Å². The lowest BCUT2D eigenvalue weighted by Gasteiger charge is -2.36. The molecule has 0 bridgehead atoms. The molecule has 1 aliphatic rings. The van der Waals surface area contributed by atoms with Crippen molar-refractivity contribution in [3.05, 3.63) is 35.6 Å². The Kier molecular flexibility index (Phi) is 7.79. The number of carbonyl (C=O) groups excluding carboxylic acids is 1. The van der Waals surface area contributed by atoms with E-state index in [-0.39, 0.29) is 36.1 Å². The number of piperidine rings is 1. The number of hydrogen-bond acceptors (Lipinski definition) is 3. The molecule has 1 aliphatic heterocycles. The molecule has 0 aliphatic carbocycles. The van der Waals surface area contributed by atoms with Gasteiger partial charge in [-0.3, -0.25) is 9.69 Å². The molecule has 1 fully saturated rings. The van der Waals surface area contributed by atoms with Crippen LogP contribution in [0.1, 0.15) is 31.4 Å². The molecule has 3 N–H and O–H groups in total. The van der Waals surface area contributed by atoms with Gasteiger partial charge in [0.05, 0.1) is 5.92 Å². The lowest BCUT2D eigenvalue weighted by molar-refractivity contribution is -0.126. The Labute approximate surface area is 137 Å². The van der Waals surface area contributed by atoms with Gasteiger partial charge in [-0.05, 0) is 44.0 Å². The normalized spacial score (nSPS) is 20.0. The van der Waals surface area contributed by atoms with E-state index < -0.39 is 0 Å². The fraction of sp³-hybridized carbons (Fsp3) is 0.562. The van der Waals surface area contributed by atoms with Gasteiger partial charge in [0.15, 0.2) is 0 Å². The molecule has 1 saturated heterocycles. The largest absolute Gasteiger partial charge is 0.355 e. The summed E-state index contributed by atoms with van der Waals surface area (Å²) >= 11 is 0. The van der Waals surface area contributed by atoms with Crippen molar-refractivity contribution < 1.29 is 9.18 Å². The first-order valence-corrected chi connectivity index (χ1v) is 7.59. The molecule has 22 heavy (non-hydrogen) atoms. The number of likely N-dealkylation sites (tertiary alicyclic amines) is 1. The topological polar surface area (TPSA) is 58.4 Å². The Balaban J connectivity index is 0.00000242. The summed E-state index contributed by atoms with van der Waals surface area (Å²) in [5.74, 6) is -0.133.